The number of nitrogens with zero attached hydrogens (tertiary/aromatic N) is 1. The zero-order valence-electron chi connectivity index (χ0n) is 15.5. The summed E-state index contributed by atoms with van der Waals surface area (Å²) in [6.07, 6.45) is 1.42. The summed E-state index contributed by atoms with van der Waals surface area (Å²) in [6, 6.07) is 13.0. The lowest BCUT2D eigenvalue weighted by molar-refractivity contribution is -0.384. The Bertz CT molecular complexity index is 903. The van der Waals surface area contributed by atoms with Crippen LogP contribution in [0.2, 0.25) is 0 Å². The third-order valence-corrected chi connectivity index (χ3v) is 4.37. The quantitative estimate of drug-likeness (QED) is 0.198. The molecule has 0 saturated carbocycles. The van der Waals surface area contributed by atoms with Crippen molar-refractivity contribution in [2.24, 2.45) is 0 Å². The summed E-state index contributed by atoms with van der Waals surface area (Å²) in [5, 5.41) is 23.7. The Morgan fingerprint density at radius 1 is 1.13 bits per heavy atom. The Morgan fingerprint density at radius 2 is 1.77 bits per heavy atom. The Labute approximate surface area is 182 Å². The van der Waals surface area contributed by atoms with Gasteiger partial charge in [-0.05, 0) is 29.3 Å². The third-order valence-electron chi connectivity index (χ3n) is 3.97. The number of hydrogen-bond donors (Lipinski definition) is 2. The van der Waals surface area contributed by atoms with Gasteiger partial charge in [0.1, 0.15) is 12.7 Å². The molecule has 2 atom stereocenters. The van der Waals surface area contributed by atoms with Crippen LogP contribution in [0, 0.1) is 10.1 Å². The van der Waals surface area contributed by atoms with E-state index in [0.717, 1.165) is 5.56 Å². The van der Waals surface area contributed by atoms with Crippen LogP contribution in [-0.2, 0) is 14.3 Å². The molecular formula is C20H18Cl2N2O6. The number of non-ortho nitro benzene ring substituents is 1. The first kappa shape index (κ1) is 23.3. The molecule has 30 heavy (non-hydrogen) atoms. The largest absolute Gasteiger partial charge is 0.460 e. The zero-order chi connectivity index (χ0) is 22.1. The number of benzene rings is 2. The number of alkyl halides is 2. The molecule has 0 unspecified atom stereocenters. The Morgan fingerprint density at radius 3 is 2.33 bits per heavy atom. The second kappa shape index (κ2) is 11.3. The van der Waals surface area contributed by atoms with Crippen LogP contribution in [0.25, 0.3) is 6.08 Å². The van der Waals surface area contributed by atoms with E-state index < -0.39 is 33.8 Å². The Hall–Kier alpha value is -2.94. The average molecular weight is 453 g/mol. The molecule has 0 aromatic heterocycles. The second-order valence-corrected chi connectivity index (χ2v) is 7.18. The SMILES string of the molecule is O=C(C=Cc1ccccc1)OC[C@@H](NC(=O)C(Cl)Cl)[C@H](O)c1ccc([N+](=O)[O-])cc1. The first-order valence-electron chi connectivity index (χ1n) is 8.68. The van der Waals surface area contributed by atoms with Gasteiger partial charge in [0.15, 0.2) is 4.84 Å². The smallest absolute Gasteiger partial charge is 0.330 e. The van der Waals surface area contributed by atoms with Gasteiger partial charge in [0.2, 0.25) is 0 Å². The molecule has 0 saturated heterocycles. The van der Waals surface area contributed by atoms with Crippen molar-refractivity contribution in [1.29, 1.82) is 0 Å². The van der Waals surface area contributed by atoms with Crippen LogP contribution in [0.5, 0.6) is 0 Å². The fraction of sp³-hybridized carbons (Fsp3) is 0.200. The number of amides is 1. The predicted molar refractivity (Wildman–Crippen MR) is 112 cm³/mol. The molecule has 0 fully saturated rings. The lowest BCUT2D eigenvalue weighted by atomic mass is 10.0. The van der Waals surface area contributed by atoms with E-state index in [1.54, 1.807) is 18.2 Å². The number of aliphatic hydroxyl groups excluding tert-OH is 1. The van der Waals surface area contributed by atoms with Crippen LogP contribution in [0.1, 0.15) is 17.2 Å². The van der Waals surface area contributed by atoms with E-state index in [4.69, 9.17) is 27.9 Å². The molecule has 0 aliphatic rings. The monoisotopic (exact) mass is 452 g/mol. The highest BCUT2D eigenvalue weighted by atomic mass is 35.5. The van der Waals surface area contributed by atoms with Gasteiger partial charge in [0.05, 0.1) is 11.0 Å². The van der Waals surface area contributed by atoms with E-state index >= 15 is 0 Å². The van der Waals surface area contributed by atoms with Crippen LogP contribution in [0.15, 0.2) is 60.7 Å². The summed E-state index contributed by atoms with van der Waals surface area (Å²) in [7, 11) is 0. The topological polar surface area (TPSA) is 119 Å². The minimum atomic E-state index is -1.40. The number of carbonyl (C=O) groups is 2. The molecule has 2 aromatic rings. The van der Waals surface area contributed by atoms with E-state index in [0.29, 0.717) is 0 Å². The normalized spacial score (nSPS) is 13.1. The van der Waals surface area contributed by atoms with Crippen molar-refractivity contribution < 1.29 is 24.4 Å². The van der Waals surface area contributed by atoms with Crippen molar-refractivity contribution in [3.8, 4) is 0 Å². The summed E-state index contributed by atoms with van der Waals surface area (Å²) in [5.41, 5.74) is 0.894. The van der Waals surface area contributed by atoms with E-state index in [9.17, 15) is 24.8 Å². The van der Waals surface area contributed by atoms with Gasteiger partial charge < -0.3 is 15.2 Å². The minimum absolute atomic E-state index is 0.161. The van der Waals surface area contributed by atoms with Gasteiger partial charge in [0.25, 0.3) is 11.6 Å². The van der Waals surface area contributed by atoms with Gasteiger partial charge in [-0.3, -0.25) is 14.9 Å². The number of rotatable bonds is 9. The Balaban J connectivity index is 2.08. The molecule has 2 rings (SSSR count). The molecule has 10 heteroatoms. The van der Waals surface area contributed by atoms with Crippen molar-refractivity contribution in [3.63, 3.8) is 0 Å². The highest BCUT2D eigenvalue weighted by Crippen LogP contribution is 2.21. The van der Waals surface area contributed by atoms with Gasteiger partial charge in [-0.25, -0.2) is 4.79 Å². The van der Waals surface area contributed by atoms with Crippen molar-refractivity contribution in [3.05, 3.63) is 81.9 Å². The molecular weight excluding hydrogens is 435 g/mol. The first-order chi connectivity index (χ1) is 14.3. The maximum atomic E-state index is 12.0. The summed E-state index contributed by atoms with van der Waals surface area (Å²) in [6.45, 7) is -0.387. The lowest BCUT2D eigenvalue weighted by Crippen LogP contribution is -2.45. The molecule has 0 radical (unpaired) electrons. The molecule has 0 bridgehead atoms. The molecule has 8 nitrogen and oxygen atoms in total. The van der Waals surface area contributed by atoms with Crippen molar-refractivity contribution in [2.75, 3.05) is 6.61 Å². The van der Waals surface area contributed by atoms with Crippen LogP contribution >= 0.6 is 23.2 Å². The number of nitrogens with one attached hydrogen (secondary N) is 1. The average Bonchev–Trinajstić information content (AvgIpc) is 2.75. The van der Waals surface area contributed by atoms with Gasteiger partial charge >= 0.3 is 5.97 Å². The predicted octanol–water partition coefficient (Wildman–Crippen LogP) is 3.17. The number of halogens is 2. The first-order valence-corrected chi connectivity index (χ1v) is 9.56. The third kappa shape index (κ3) is 7.14. The molecule has 0 heterocycles. The van der Waals surface area contributed by atoms with E-state index in [-0.39, 0.29) is 17.9 Å². The lowest BCUT2D eigenvalue weighted by Gasteiger charge is -2.24. The van der Waals surface area contributed by atoms with Crippen molar-refractivity contribution >= 4 is 46.8 Å². The summed E-state index contributed by atoms with van der Waals surface area (Å²) in [4.78, 5) is 32.6. The maximum Gasteiger partial charge on any atom is 0.330 e. The molecule has 0 spiro atoms. The second-order valence-electron chi connectivity index (χ2n) is 6.08. The number of nitro benzene ring substituents is 1. The summed E-state index contributed by atoms with van der Waals surface area (Å²) < 4.78 is 5.12. The van der Waals surface area contributed by atoms with Gasteiger partial charge in [-0.15, -0.1) is 0 Å². The van der Waals surface area contributed by atoms with E-state index in [2.05, 4.69) is 5.32 Å². The fourth-order valence-corrected chi connectivity index (χ4v) is 2.56. The highest BCUT2D eigenvalue weighted by molar-refractivity contribution is 6.53. The summed E-state index contributed by atoms with van der Waals surface area (Å²) in [5.74, 6) is -1.48. The number of ether oxygens (including phenoxy) is 1. The van der Waals surface area contributed by atoms with Crippen molar-refractivity contribution in [1.82, 2.24) is 5.32 Å². The number of hydrogen-bond acceptors (Lipinski definition) is 6. The summed E-state index contributed by atoms with van der Waals surface area (Å²) >= 11 is 11.1. The number of esters is 1. The van der Waals surface area contributed by atoms with Gasteiger partial charge in [0, 0.05) is 18.2 Å². The van der Waals surface area contributed by atoms with E-state index in [1.807, 2.05) is 18.2 Å². The highest BCUT2D eigenvalue weighted by Gasteiger charge is 2.26. The maximum absolute atomic E-state index is 12.0. The number of aliphatic hydroxyl groups is 1. The molecule has 158 valence electrons. The number of carbonyl (C=O) groups excluding carboxylic acids is 2. The van der Waals surface area contributed by atoms with Gasteiger partial charge in [-0.1, -0.05) is 53.5 Å². The molecule has 0 aliphatic carbocycles. The minimum Gasteiger partial charge on any atom is -0.460 e. The zero-order valence-corrected chi connectivity index (χ0v) is 17.0. The van der Waals surface area contributed by atoms with E-state index in [1.165, 1.54) is 30.3 Å². The van der Waals surface area contributed by atoms with Crippen LogP contribution in [-0.4, -0.2) is 39.4 Å². The Kier molecular flexibility index (Phi) is 8.79. The molecule has 2 aromatic carbocycles. The van der Waals surface area contributed by atoms with Crippen molar-refractivity contribution in [2.45, 2.75) is 17.0 Å². The molecule has 0 aliphatic heterocycles. The molecule has 2 N–H and O–H groups in total. The number of nitro groups is 1. The standard InChI is InChI=1S/C20H18Cl2N2O6/c21-19(22)20(27)23-16(18(26)14-7-9-15(10-8-14)24(28)29)12-30-17(25)11-6-13-4-2-1-3-5-13/h1-11,16,18-19,26H,12H2,(H,23,27)/t16-,18-/m1/s1. The van der Waals surface area contributed by atoms with Crippen LogP contribution in [0.4, 0.5) is 5.69 Å². The van der Waals surface area contributed by atoms with Gasteiger partial charge in [-0.2, -0.15) is 0 Å². The molecule has 1 amide bonds. The fourth-order valence-electron chi connectivity index (χ4n) is 2.43. The van der Waals surface area contributed by atoms with Crippen LogP contribution in [0.3, 0.4) is 0 Å². The van der Waals surface area contributed by atoms with Crippen LogP contribution < -0.4 is 5.32 Å².